The molecule has 1 aromatic carbocycles. The molecule has 1 rings (SSSR count). The van der Waals surface area contributed by atoms with E-state index in [2.05, 4.69) is 0 Å². The Balaban J connectivity index is 2.43. The number of thioether (sulfide) groups is 1. The summed E-state index contributed by atoms with van der Waals surface area (Å²) in [4.78, 5) is 11.6. The highest BCUT2D eigenvalue weighted by atomic mass is 32.2. The smallest absolute Gasteiger partial charge is 0.219 e. The van der Waals surface area contributed by atoms with Gasteiger partial charge in [0.2, 0.25) is 5.12 Å². The SMILES string of the molecule is COC(CSC(=O)c1ccccc1)OC. The Hall–Kier alpha value is -0.840. The van der Waals surface area contributed by atoms with Crippen molar-refractivity contribution in [2.75, 3.05) is 20.0 Å². The highest BCUT2D eigenvalue weighted by Crippen LogP contribution is 2.14. The van der Waals surface area contributed by atoms with Crippen LogP contribution in [0, 0.1) is 0 Å². The third-order valence-corrected chi connectivity index (χ3v) is 2.82. The maximum atomic E-state index is 11.6. The van der Waals surface area contributed by atoms with Gasteiger partial charge in [0.15, 0.2) is 6.29 Å². The lowest BCUT2D eigenvalue weighted by Crippen LogP contribution is -2.16. The van der Waals surface area contributed by atoms with E-state index < -0.39 is 0 Å². The van der Waals surface area contributed by atoms with Crippen molar-refractivity contribution in [3.8, 4) is 0 Å². The van der Waals surface area contributed by atoms with E-state index in [-0.39, 0.29) is 11.4 Å². The quantitative estimate of drug-likeness (QED) is 0.721. The lowest BCUT2D eigenvalue weighted by molar-refractivity contribution is -0.0841. The first-order chi connectivity index (χ1) is 7.27. The Labute approximate surface area is 93.8 Å². The second-order valence-corrected chi connectivity index (χ2v) is 3.86. The number of carbonyl (C=O) groups is 1. The van der Waals surface area contributed by atoms with Gasteiger partial charge in [-0.1, -0.05) is 42.1 Å². The molecule has 0 aliphatic rings. The molecule has 0 radical (unpaired) electrons. The third-order valence-electron chi connectivity index (χ3n) is 1.89. The fourth-order valence-corrected chi connectivity index (χ4v) is 1.90. The number of carbonyl (C=O) groups excluding carboxylic acids is 1. The van der Waals surface area contributed by atoms with Crippen molar-refractivity contribution < 1.29 is 14.3 Å². The van der Waals surface area contributed by atoms with Gasteiger partial charge in [0.1, 0.15) is 0 Å². The van der Waals surface area contributed by atoms with Crippen LogP contribution in [-0.2, 0) is 9.47 Å². The largest absolute Gasteiger partial charge is 0.355 e. The number of methoxy groups -OCH3 is 2. The van der Waals surface area contributed by atoms with Gasteiger partial charge in [-0.3, -0.25) is 4.79 Å². The van der Waals surface area contributed by atoms with Gasteiger partial charge in [0.25, 0.3) is 0 Å². The van der Waals surface area contributed by atoms with Crippen molar-refractivity contribution in [1.29, 1.82) is 0 Å². The van der Waals surface area contributed by atoms with E-state index in [1.165, 1.54) is 11.8 Å². The van der Waals surface area contributed by atoms with E-state index in [0.717, 1.165) is 0 Å². The van der Waals surface area contributed by atoms with E-state index in [4.69, 9.17) is 9.47 Å². The summed E-state index contributed by atoms with van der Waals surface area (Å²) in [6.07, 6.45) is -0.331. The summed E-state index contributed by atoms with van der Waals surface area (Å²) in [6, 6.07) is 9.16. The zero-order valence-electron chi connectivity index (χ0n) is 8.80. The summed E-state index contributed by atoms with van der Waals surface area (Å²) in [7, 11) is 3.11. The lowest BCUT2D eigenvalue weighted by atomic mass is 10.2. The Morgan fingerprint density at radius 1 is 1.27 bits per heavy atom. The standard InChI is InChI=1S/C11H14O3S/c1-13-10(14-2)8-15-11(12)9-6-4-3-5-7-9/h3-7,10H,8H2,1-2H3. The summed E-state index contributed by atoms with van der Waals surface area (Å²) in [6.45, 7) is 0. The van der Waals surface area contributed by atoms with E-state index in [1.54, 1.807) is 26.4 Å². The highest BCUT2D eigenvalue weighted by Gasteiger charge is 2.10. The minimum absolute atomic E-state index is 0.0368. The van der Waals surface area contributed by atoms with Crippen LogP contribution in [0.25, 0.3) is 0 Å². The number of rotatable bonds is 5. The Morgan fingerprint density at radius 2 is 1.87 bits per heavy atom. The van der Waals surface area contributed by atoms with Gasteiger partial charge in [-0.25, -0.2) is 0 Å². The van der Waals surface area contributed by atoms with E-state index in [9.17, 15) is 4.79 Å². The van der Waals surface area contributed by atoms with E-state index in [1.807, 2.05) is 18.2 Å². The number of ether oxygens (including phenoxy) is 2. The molecule has 82 valence electrons. The molecular formula is C11H14O3S. The Kier molecular flexibility index (Phi) is 5.39. The molecule has 0 aromatic heterocycles. The van der Waals surface area contributed by atoms with Gasteiger partial charge < -0.3 is 9.47 Å². The van der Waals surface area contributed by atoms with Crippen LogP contribution in [0.5, 0.6) is 0 Å². The van der Waals surface area contributed by atoms with Crippen LogP contribution in [0.4, 0.5) is 0 Å². The first-order valence-corrected chi connectivity index (χ1v) is 5.54. The van der Waals surface area contributed by atoms with Crippen LogP contribution >= 0.6 is 11.8 Å². The predicted octanol–water partition coefficient (Wildman–Crippen LogP) is 2.18. The van der Waals surface area contributed by atoms with Crippen LogP contribution in [0.1, 0.15) is 10.4 Å². The molecule has 0 aliphatic carbocycles. The fraction of sp³-hybridized carbons (Fsp3) is 0.364. The molecule has 0 amide bonds. The monoisotopic (exact) mass is 226 g/mol. The fourth-order valence-electron chi connectivity index (χ4n) is 1.03. The molecule has 0 aliphatic heterocycles. The molecule has 0 bridgehead atoms. The number of hydrogen-bond donors (Lipinski definition) is 0. The van der Waals surface area contributed by atoms with Gasteiger partial charge in [-0.15, -0.1) is 0 Å². The van der Waals surface area contributed by atoms with Gasteiger partial charge in [0.05, 0.1) is 5.75 Å². The maximum Gasteiger partial charge on any atom is 0.219 e. The lowest BCUT2D eigenvalue weighted by Gasteiger charge is -2.11. The number of hydrogen-bond acceptors (Lipinski definition) is 4. The molecule has 0 spiro atoms. The second-order valence-electron chi connectivity index (χ2n) is 2.87. The molecule has 0 heterocycles. The zero-order valence-corrected chi connectivity index (χ0v) is 9.62. The molecule has 3 nitrogen and oxygen atoms in total. The minimum atomic E-state index is -0.331. The van der Waals surface area contributed by atoms with Crippen LogP contribution in [-0.4, -0.2) is 31.4 Å². The molecule has 0 fully saturated rings. The van der Waals surface area contributed by atoms with Crippen LogP contribution in [0.3, 0.4) is 0 Å². The predicted molar refractivity (Wildman–Crippen MR) is 61.0 cm³/mol. The molecule has 4 heteroatoms. The molecule has 0 N–H and O–H groups in total. The second kappa shape index (κ2) is 6.61. The van der Waals surface area contributed by atoms with Crippen molar-refractivity contribution in [2.45, 2.75) is 6.29 Å². The van der Waals surface area contributed by atoms with Crippen LogP contribution in [0.2, 0.25) is 0 Å². The van der Waals surface area contributed by atoms with Crippen molar-refractivity contribution in [3.63, 3.8) is 0 Å². The van der Waals surface area contributed by atoms with Crippen molar-refractivity contribution >= 4 is 16.9 Å². The van der Waals surface area contributed by atoms with Crippen molar-refractivity contribution in [2.24, 2.45) is 0 Å². The van der Waals surface area contributed by atoms with E-state index in [0.29, 0.717) is 11.3 Å². The summed E-state index contributed by atoms with van der Waals surface area (Å²) in [5, 5.41) is 0.0368. The molecule has 0 unspecified atom stereocenters. The maximum absolute atomic E-state index is 11.6. The average Bonchev–Trinajstić information content (AvgIpc) is 2.31. The van der Waals surface area contributed by atoms with Crippen LogP contribution < -0.4 is 0 Å². The normalized spacial score (nSPS) is 10.6. The molecule has 15 heavy (non-hydrogen) atoms. The molecule has 1 aromatic rings. The molecule has 0 atom stereocenters. The average molecular weight is 226 g/mol. The summed E-state index contributed by atoms with van der Waals surface area (Å²) < 4.78 is 9.98. The Bertz CT molecular complexity index is 296. The first-order valence-electron chi connectivity index (χ1n) is 4.55. The van der Waals surface area contributed by atoms with Gasteiger partial charge in [-0.05, 0) is 0 Å². The van der Waals surface area contributed by atoms with Crippen LogP contribution in [0.15, 0.2) is 30.3 Å². The number of benzene rings is 1. The third kappa shape index (κ3) is 4.03. The minimum Gasteiger partial charge on any atom is -0.355 e. The first kappa shape index (κ1) is 12.2. The highest BCUT2D eigenvalue weighted by molar-refractivity contribution is 8.14. The van der Waals surface area contributed by atoms with Crippen molar-refractivity contribution in [3.05, 3.63) is 35.9 Å². The van der Waals surface area contributed by atoms with E-state index >= 15 is 0 Å². The zero-order chi connectivity index (χ0) is 11.1. The molecular weight excluding hydrogens is 212 g/mol. The van der Waals surface area contributed by atoms with Crippen molar-refractivity contribution in [1.82, 2.24) is 0 Å². The van der Waals surface area contributed by atoms with Gasteiger partial charge in [0, 0.05) is 19.8 Å². The summed E-state index contributed by atoms with van der Waals surface area (Å²) >= 11 is 1.20. The summed E-state index contributed by atoms with van der Waals surface area (Å²) in [5.74, 6) is 0.501. The van der Waals surface area contributed by atoms with Gasteiger partial charge in [-0.2, -0.15) is 0 Å². The van der Waals surface area contributed by atoms with Gasteiger partial charge >= 0.3 is 0 Å². The topological polar surface area (TPSA) is 35.5 Å². The molecule has 0 saturated heterocycles. The summed E-state index contributed by atoms with van der Waals surface area (Å²) in [5.41, 5.74) is 0.702. The Morgan fingerprint density at radius 3 is 2.40 bits per heavy atom. The molecule has 0 saturated carbocycles.